The Morgan fingerprint density at radius 3 is 2.64 bits per heavy atom. The molecule has 0 bridgehead atoms. The average molecular weight is 370 g/mol. The van der Waals surface area contributed by atoms with E-state index in [1.165, 1.54) is 40.8 Å². The van der Waals surface area contributed by atoms with Crippen molar-refractivity contribution in [3.8, 4) is 11.1 Å². The number of carbonyl (C=O) groups is 2. The lowest BCUT2D eigenvalue weighted by Gasteiger charge is -2.37. The maximum Gasteiger partial charge on any atom is 0.274 e. The predicted molar refractivity (Wildman–Crippen MR) is 105 cm³/mol. The molecule has 0 radical (unpaired) electrons. The van der Waals surface area contributed by atoms with Crippen LogP contribution in [-0.4, -0.2) is 39.8 Å². The van der Waals surface area contributed by atoms with Gasteiger partial charge in [-0.3, -0.25) is 14.6 Å². The van der Waals surface area contributed by atoms with Crippen molar-refractivity contribution >= 4 is 17.5 Å². The third-order valence-corrected chi connectivity index (χ3v) is 5.38. The number of nitrogens with zero attached hydrogens (tertiary/aromatic N) is 3. The molecule has 1 fully saturated rings. The van der Waals surface area contributed by atoms with Crippen LogP contribution in [0.1, 0.15) is 21.6 Å². The summed E-state index contributed by atoms with van der Waals surface area (Å²) in [6.07, 6.45) is 5.35. The Kier molecular flexibility index (Phi) is 3.90. The van der Waals surface area contributed by atoms with Crippen LogP contribution in [0.3, 0.4) is 0 Å². The Morgan fingerprint density at radius 2 is 1.82 bits per heavy atom. The fraction of sp³-hybridized carbons (Fsp3) is 0.182. The van der Waals surface area contributed by atoms with Crippen LogP contribution in [0.25, 0.3) is 11.1 Å². The number of carbonyl (C=O) groups excluding carboxylic acids is 2. The zero-order valence-corrected chi connectivity index (χ0v) is 15.1. The summed E-state index contributed by atoms with van der Waals surface area (Å²) in [6.45, 7) is 0.801. The number of benzene rings is 2. The molecule has 138 valence electrons. The molecule has 0 saturated carbocycles. The molecule has 1 aliphatic carbocycles. The van der Waals surface area contributed by atoms with Gasteiger partial charge < -0.3 is 10.2 Å². The van der Waals surface area contributed by atoms with Gasteiger partial charge in [-0.15, -0.1) is 0 Å². The summed E-state index contributed by atoms with van der Waals surface area (Å²) < 4.78 is 0. The molecule has 0 unspecified atom stereocenters. The van der Waals surface area contributed by atoms with Crippen molar-refractivity contribution in [1.29, 1.82) is 0 Å². The standard InChI is InChI=1S/C22H18N4O2/c27-21(16-12-26(13-16)22(28)20-11-23-7-8-24-20)25-17-5-6-19-15(10-17)9-14-3-1-2-4-18(14)19/h1-8,10-11,16H,9,12-13H2,(H,25,27). The molecule has 2 aliphatic rings. The highest BCUT2D eigenvalue weighted by Gasteiger charge is 2.36. The quantitative estimate of drug-likeness (QED) is 0.602. The number of likely N-dealkylation sites (tertiary alicyclic amines) is 1. The molecule has 1 N–H and O–H groups in total. The molecular formula is C22H18N4O2. The lowest BCUT2D eigenvalue weighted by atomic mass is 9.98. The predicted octanol–water partition coefficient (Wildman–Crippen LogP) is 2.76. The van der Waals surface area contributed by atoms with Crippen LogP contribution in [0.5, 0.6) is 0 Å². The Labute approximate surface area is 162 Å². The molecular weight excluding hydrogens is 352 g/mol. The number of fused-ring (bicyclic) bond motifs is 3. The van der Waals surface area contributed by atoms with Gasteiger partial charge >= 0.3 is 0 Å². The second kappa shape index (κ2) is 6.56. The van der Waals surface area contributed by atoms with Crippen LogP contribution < -0.4 is 5.32 Å². The smallest absolute Gasteiger partial charge is 0.274 e. The van der Waals surface area contributed by atoms with Gasteiger partial charge in [0, 0.05) is 31.2 Å². The Hall–Kier alpha value is -3.54. The normalized spacial score (nSPS) is 14.8. The highest BCUT2D eigenvalue weighted by atomic mass is 16.2. The third-order valence-electron chi connectivity index (χ3n) is 5.38. The van der Waals surface area contributed by atoms with Crippen molar-refractivity contribution in [3.63, 3.8) is 0 Å². The minimum Gasteiger partial charge on any atom is -0.336 e. The van der Waals surface area contributed by atoms with E-state index in [9.17, 15) is 9.59 Å². The lowest BCUT2D eigenvalue weighted by Crippen LogP contribution is -2.54. The molecule has 1 aromatic heterocycles. The largest absolute Gasteiger partial charge is 0.336 e. The summed E-state index contributed by atoms with van der Waals surface area (Å²) in [5.74, 6) is -0.447. The summed E-state index contributed by atoms with van der Waals surface area (Å²) in [4.78, 5) is 34.4. The zero-order valence-electron chi connectivity index (χ0n) is 15.1. The van der Waals surface area contributed by atoms with Crippen LogP contribution in [0.4, 0.5) is 5.69 Å². The summed E-state index contributed by atoms with van der Waals surface area (Å²) in [5, 5.41) is 2.99. The summed E-state index contributed by atoms with van der Waals surface area (Å²) in [7, 11) is 0. The van der Waals surface area contributed by atoms with Gasteiger partial charge in [0.2, 0.25) is 5.91 Å². The minimum absolute atomic E-state index is 0.0568. The Balaban J connectivity index is 1.22. The van der Waals surface area contributed by atoms with Gasteiger partial charge in [-0.1, -0.05) is 30.3 Å². The van der Waals surface area contributed by atoms with Crippen molar-refractivity contribution in [2.75, 3.05) is 18.4 Å². The molecule has 0 atom stereocenters. The van der Waals surface area contributed by atoms with Crippen molar-refractivity contribution in [3.05, 3.63) is 77.9 Å². The van der Waals surface area contributed by atoms with E-state index in [0.717, 1.165) is 12.1 Å². The van der Waals surface area contributed by atoms with Gasteiger partial charge in [0.05, 0.1) is 12.1 Å². The third kappa shape index (κ3) is 2.83. The highest BCUT2D eigenvalue weighted by molar-refractivity contribution is 5.98. The first-order valence-corrected chi connectivity index (χ1v) is 9.26. The van der Waals surface area contributed by atoms with E-state index < -0.39 is 0 Å². The van der Waals surface area contributed by atoms with Gasteiger partial charge in [-0.25, -0.2) is 4.98 Å². The van der Waals surface area contributed by atoms with E-state index >= 15 is 0 Å². The number of hydrogen-bond acceptors (Lipinski definition) is 4. The van der Waals surface area contributed by atoms with Gasteiger partial charge in [0.1, 0.15) is 5.69 Å². The number of amides is 2. The second-order valence-electron chi connectivity index (χ2n) is 7.19. The van der Waals surface area contributed by atoms with Crippen LogP contribution in [0.2, 0.25) is 0 Å². The van der Waals surface area contributed by atoms with Crippen LogP contribution in [0.15, 0.2) is 61.1 Å². The van der Waals surface area contributed by atoms with Crippen molar-refractivity contribution < 1.29 is 9.59 Å². The van der Waals surface area contributed by atoms with Gasteiger partial charge in [-0.2, -0.15) is 0 Å². The topological polar surface area (TPSA) is 75.2 Å². The summed E-state index contributed by atoms with van der Waals surface area (Å²) in [5.41, 5.74) is 6.16. The lowest BCUT2D eigenvalue weighted by molar-refractivity contribution is -0.123. The fourth-order valence-electron chi connectivity index (χ4n) is 3.85. The maximum absolute atomic E-state index is 12.5. The van der Waals surface area contributed by atoms with Crippen LogP contribution in [0, 0.1) is 5.92 Å². The van der Waals surface area contributed by atoms with Gasteiger partial charge in [-0.05, 0) is 40.8 Å². The molecule has 2 heterocycles. The molecule has 1 aliphatic heterocycles. The maximum atomic E-state index is 12.5. The van der Waals surface area contributed by atoms with Crippen molar-refractivity contribution in [1.82, 2.24) is 14.9 Å². The van der Waals surface area contributed by atoms with E-state index in [4.69, 9.17) is 0 Å². The Bertz CT molecular complexity index is 1070. The van der Waals surface area contributed by atoms with E-state index in [-0.39, 0.29) is 17.7 Å². The molecule has 6 heteroatoms. The molecule has 3 aromatic rings. The number of nitrogens with one attached hydrogen (secondary N) is 1. The molecule has 6 nitrogen and oxygen atoms in total. The molecule has 1 saturated heterocycles. The first-order valence-electron chi connectivity index (χ1n) is 9.26. The summed E-state index contributed by atoms with van der Waals surface area (Å²) in [6, 6.07) is 14.4. The van der Waals surface area contributed by atoms with E-state index in [1.54, 1.807) is 4.90 Å². The highest BCUT2D eigenvalue weighted by Crippen LogP contribution is 2.37. The molecule has 0 spiro atoms. The fourth-order valence-corrected chi connectivity index (χ4v) is 3.85. The SMILES string of the molecule is O=C(Nc1ccc2c(c1)Cc1ccccc1-2)C1CN(C(=O)c2cnccn2)C1. The molecule has 2 aromatic carbocycles. The average Bonchev–Trinajstić information content (AvgIpc) is 3.05. The van der Waals surface area contributed by atoms with E-state index in [1.807, 2.05) is 18.2 Å². The van der Waals surface area contributed by atoms with E-state index in [2.05, 4.69) is 39.6 Å². The molecule has 28 heavy (non-hydrogen) atoms. The summed E-state index contributed by atoms with van der Waals surface area (Å²) >= 11 is 0. The monoisotopic (exact) mass is 370 g/mol. The number of hydrogen-bond donors (Lipinski definition) is 1. The van der Waals surface area contributed by atoms with Crippen LogP contribution >= 0.6 is 0 Å². The zero-order chi connectivity index (χ0) is 19.1. The van der Waals surface area contributed by atoms with Crippen molar-refractivity contribution in [2.45, 2.75) is 6.42 Å². The first-order chi connectivity index (χ1) is 13.7. The van der Waals surface area contributed by atoms with Gasteiger partial charge in [0.15, 0.2) is 0 Å². The second-order valence-corrected chi connectivity index (χ2v) is 7.19. The molecule has 5 rings (SSSR count). The first kappa shape index (κ1) is 16.6. The molecule has 2 amide bonds. The van der Waals surface area contributed by atoms with Gasteiger partial charge in [0.25, 0.3) is 5.91 Å². The van der Waals surface area contributed by atoms with Crippen LogP contribution in [-0.2, 0) is 11.2 Å². The Morgan fingerprint density at radius 1 is 1.00 bits per heavy atom. The number of rotatable bonds is 3. The minimum atomic E-state index is -0.203. The van der Waals surface area contributed by atoms with Crippen molar-refractivity contribution in [2.24, 2.45) is 5.92 Å². The van der Waals surface area contributed by atoms with E-state index in [0.29, 0.717) is 18.8 Å². The number of anilines is 1. The number of aromatic nitrogens is 2.